The maximum absolute atomic E-state index is 12.8. The van der Waals surface area contributed by atoms with E-state index in [1.165, 1.54) is 12.1 Å². The van der Waals surface area contributed by atoms with Crippen molar-refractivity contribution in [3.05, 3.63) is 53.9 Å². The van der Waals surface area contributed by atoms with Gasteiger partial charge in [0.25, 0.3) is 0 Å². The number of likely N-dealkylation sites (N-methyl/N-ethyl adjacent to an activating group) is 1. The number of fused-ring (bicyclic) bond motifs is 1. The van der Waals surface area contributed by atoms with Gasteiger partial charge in [-0.25, -0.2) is 0 Å². The number of rotatable bonds is 5. The topological polar surface area (TPSA) is 51.5 Å². The number of alkyl halides is 3. The number of ketones is 1. The molecule has 8 heteroatoms. The third-order valence-corrected chi connectivity index (χ3v) is 4.45. The van der Waals surface area contributed by atoms with Crippen LogP contribution in [0.1, 0.15) is 34.9 Å². The molecule has 0 aliphatic carbocycles. The monoisotopic (exact) mass is 380 g/mol. The first-order valence-corrected chi connectivity index (χ1v) is 8.48. The molecule has 0 N–H and O–H groups in total. The minimum atomic E-state index is -4.38. The fraction of sp³-hybridized carbons (Fsp3) is 0.368. The number of nitrogens with zero attached hydrogens (tertiary/aromatic N) is 2. The maximum atomic E-state index is 12.8. The summed E-state index contributed by atoms with van der Waals surface area (Å²) in [6.07, 6.45) is -1.87. The second kappa shape index (κ2) is 7.46. The molecule has 1 unspecified atom stereocenters. The average Bonchev–Trinajstić information content (AvgIpc) is 3.11. The molecule has 144 valence electrons. The SMILES string of the molecule is CN(Cc1ccc(OCC(F)(F)F)cc1)C(=O)C1CCC(=O)c2cccn21. The molecule has 3 rings (SSSR count). The number of amides is 1. The summed E-state index contributed by atoms with van der Waals surface area (Å²) in [6, 6.07) is 9.18. The highest BCUT2D eigenvalue weighted by atomic mass is 19.4. The number of hydrogen-bond acceptors (Lipinski definition) is 3. The Morgan fingerprint density at radius 1 is 1.26 bits per heavy atom. The Hall–Kier alpha value is -2.77. The number of ether oxygens (including phenoxy) is 1. The van der Waals surface area contributed by atoms with Crippen LogP contribution in [-0.4, -0.2) is 41.0 Å². The van der Waals surface area contributed by atoms with Gasteiger partial charge < -0.3 is 14.2 Å². The van der Waals surface area contributed by atoms with E-state index in [4.69, 9.17) is 0 Å². The summed E-state index contributed by atoms with van der Waals surface area (Å²) in [5.41, 5.74) is 1.31. The van der Waals surface area contributed by atoms with Crippen molar-refractivity contribution in [2.45, 2.75) is 31.6 Å². The normalized spacial score (nSPS) is 16.7. The summed E-state index contributed by atoms with van der Waals surface area (Å²) >= 11 is 0. The van der Waals surface area contributed by atoms with Crippen molar-refractivity contribution in [3.8, 4) is 5.75 Å². The summed E-state index contributed by atoms with van der Waals surface area (Å²) in [5, 5.41) is 0. The number of aromatic nitrogens is 1. The van der Waals surface area contributed by atoms with E-state index in [1.807, 2.05) is 0 Å². The van der Waals surface area contributed by atoms with Gasteiger partial charge in [-0.15, -0.1) is 0 Å². The molecule has 0 saturated carbocycles. The maximum Gasteiger partial charge on any atom is 0.422 e. The van der Waals surface area contributed by atoms with Gasteiger partial charge in [-0.05, 0) is 36.2 Å². The molecular weight excluding hydrogens is 361 g/mol. The van der Waals surface area contributed by atoms with Crippen molar-refractivity contribution >= 4 is 11.7 Å². The first-order valence-electron chi connectivity index (χ1n) is 8.48. The molecule has 0 saturated heterocycles. The molecule has 27 heavy (non-hydrogen) atoms. The van der Waals surface area contributed by atoms with Crippen molar-refractivity contribution in [1.29, 1.82) is 0 Å². The van der Waals surface area contributed by atoms with Crippen molar-refractivity contribution in [2.75, 3.05) is 13.7 Å². The Bertz CT molecular complexity index is 827. The van der Waals surface area contributed by atoms with Crippen LogP contribution in [0.4, 0.5) is 13.2 Å². The second-order valence-corrected chi connectivity index (χ2v) is 6.52. The van der Waals surface area contributed by atoms with E-state index >= 15 is 0 Å². The standard InChI is InChI=1S/C19H19F3N2O3/c1-23(11-13-4-6-14(7-5-13)27-12-19(20,21)22)18(26)16-8-9-17(25)15-3-2-10-24(15)16/h2-7,10,16H,8-9,11-12H2,1H3. The van der Waals surface area contributed by atoms with Gasteiger partial charge in [0.2, 0.25) is 5.91 Å². The van der Waals surface area contributed by atoms with E-state index in [1.54, 1.807) is 47.0 Å². The molecular formula is C19H19F3N2O3. The molecule has 2 aromatic rings. The van der Waals surface area contributed by atoms with Gasteiger partial charge in [0.1, 0.15) is 11.8 Å². The Balaban J connectivity index is 1.62. The van der Waals surface area contributed by atoms with Gasteiger partial charge >= 0.3 is 6.18 Å². The van der Waals surface area contributed by atoms with Crippen LogP contribution in [0.25, 0.3) is 0 Å². The average molecular weight is 380 g/mol. The number of Topliss-reactive ketones (excluding diaryl/α,β-unsaturated/α-hetero) is 1. The van der Waals surface area contributed by atoms with Gasteiger partial charge in [-0.3, -0.25) is 9.59 Å². The molecule has 0 bridgehead atoms. The van der Waals surface area contributed by atoms with E-state index in [0.717, 1.165) is 5.56 Å². The summed E-state index contributed by atoms with van der Waals surface area (Å²) in [4.78, 5) is 26.2. The van der Waals surface area contributed by atoms with Crippen LogP contribution in [-0.2, 0) is 11.3 Å². The quantitative estimate of drug-likeness (QED) is 0.796. The lowest BCUT2D eigenvalue weighted by Gasteiger charge is -2.28. The lowest BCUT2D eigenvalue weighted by molar-refractivity contribution is -0.153. The molecule has 0 radical (unpaired) electrons. The predicted molar refractivity (Wildman–Crippen MR) is 91.5 cm³/mol. The third kappa shape index (κ3) is 4.50. The molecule has 1 aliphatic heterocycles. The Labute approximate surface area is 154 Å². The summed E-state index contributed by atoms with van der Waals surface area (Å²) in [6.45, 7) is -1.04. The smallest absolute Gasteiger partial charge is 0.422 e. The zero-order valence-electron chi connectivity index (χ0n) is 14.7. The predicted octanol–water partition coefficient (Wildman–Crippen LogP) is 3.61. The number of halogens is 3. The largest absolute Gasteiger partial charge is 0.484 e. The van der Waals surface area contributed by atoms with Crippen molar-refractivity contribution < 1.29 is 27.5 Å². The highest BCUT2D eigenvalue weighted by Crippen LogP contribution is 2.27. The zero-order chi connectivity index (χ0) is 19.6. The summed E-state index contributed by atoms with van der Waals surface area (Å²) in [7, 11) is 1.66. The van der Waals surface area contributed by atoms with Crippen molar-refractivity contribution in [2.24, 2.45) is 0 Å². The van der Waals surface area contributed by atoms with Gasteiger partial charge in [0.05, 0.1) is 5.69 Å². The fourth-order valence-electron chi connectivity index (χ4n) is 3.14. The van der Waals surface area contributed by atoms with Crippen LogP contribution in [0.15, 0.2) is 42.6 Å². The molecule has 1 aromatic carbocycles. The lowest BCUT2D eigenvalue weighted by atomic mass is 10.0. The Morgan fingerprint density at radius 3 is 2.63 bits per heavy atom. The van der Waals surface area contributed by atoms with E-state index in [0.29, 0.717) is 25.1 Å². The van der Waals surface area contributed by atoms with E-state index in [-0.39, 0.29) is 17.4 Å². The van der Waals surface area contributed by atoms with Crippen LogP contribution in [0.5, 0.6) is 5.75 Å². The second-order valence-electron chi connectivity index (χ2n) is 6.52. The molecule has 5 nitrogen and oxygen atoms in total. The highest BCUT2D eigenvalue weighted by molar-refractivity contribution is 5.97. The van der Waals surface area contributed by atoms with Crippen LogP contribution in [0.3, 0.4) is 0 Å². The van der Waals surface area contributed by atoms with Crippen LogP contribution < -0.4 is 4.74 Å². The van der Waals surface area contributed by atoms with Crippen LogP contribution in [0.2, 0.25) is 0 Å². The van der Waals surface area contributed by atoms with E-state index < -0.39 is 18.8 Å². The minimum Gasteiger partial charge on any atom is -0.484 e. The fourth-order valence-corrected chi connectivity index (χ4v) is 3.14. The number of hydrogen-bond donors (Lipinski definition) is 0. The highest BCUT2D eigenvalue weighted by Gasteiger charge is 2.31. The molecule has 1 aromatic heterocycles. The van der Waals surface area contributed by atoms with Gasteiger partial charge in [0, 0.05) is 26.2 Å². The molecule has 1 atom stereocenters. The minimum absolute atomic E-state index is 0.0288. The molecule has 0 spiro atoms. The van der Waals surface area contributed by atoms with Crippen molar-refractivity contribution in [3.63, 3.8) is 0 Å². The van der Waals surface area contributed by atoms with Gasteiger partial charge in [-0.1, -0.05) is 12.1 Å². The summed E-state index contributed by atoms with van der Waals surface area (Å²) < 4.78 is 42.9. The first-order chi connectivity index (χ1) is 12.7. The van der Waals surface area contributed by atoms with E-state index in [9.17, 15) is 22.8 Å². The molecule has 1 aliphatic rings. The Kier molecular flexibility index (Phi) is 5.25. The molecule has 1 amide bonds. The van der Waals surface area contributed by atoms with Gasteiger partial charge in [-0.2, -0.15) is 13.2 Å². The first kappa shape index (κ1) is 19.0. The number of carbonyl (C=O) groups is 2. The van der Waals surface area contributed by atoms with Crippen molar-refractivity contribution in [1.82, 2.24) is 9.47 Å². The molecule has 0 fully saturated rings. The number of carbonyl (C=O) groups excluding carboxylic acids is 2. The van der Waals surface area contributed by atoms with E-state index in [2.05, 4.69) is 4.74 Å². The van der Waals surface area contributed by atoms with Crippen LogP contribution in [0, 0.1) is 0 Å². The zero-order valence-corrected chi connectivity index (χ0v) is 14.7. The summed E-state index contributed by atoms with van der Waals surface area (Å²) in [5.74, 6) is 0.0336. The van der Waals surface area contributed by atoms with Gasteiger partial charge in [0.15, 0.2) is 12.4 Å². The lowest BCUT2D eigenvalue weighted by Crippen LogP contribution is -2.37. The Morgan fingerprint density at radius 2 is 1.96 bits per heavy atom. The molecule has 2 heterocycles. The van der Waals surface area contributed by atoms with Crippen LogP contribution >= 0.6 is 0 Å². The number of benzene rings is 1. The third-order valence-electron chi connectivity index (χ3n) is 4.45.